The first-order valence-corrected chi connectivity index (χ1v) is 4.39. The van der Waals surface area contributed by atoms with E-state index in [0.29, 0.717) is 11.8 Å². The van der Waals surface area contributed by atoms with Crippen LogP contribution in [0.4, 0.5) is 0 Å². The van der Waals surface area contributed by atoms with E-state index in [1.165, 1.54) is 17.9 Å². The molecule has 0 aromatic heterocycles. The smallest absolute Gasteiger partial charge is 0.118 e. The Balaban J connectivity index is 2.25. The summed E-state index contributed by atoms with van der Waals surface area (Å²) in [5, 5.41) is 3.42. The lowest BCUT2D eigenvalue weighted by Crippen LogP contribution is -2.27. The van der Waals surface area contributed by atoms with E-state index in [-0.39, 0.29) is 0 Å². The van der Waals surface area contributed by atoms with Crippen molar-refractivity contribution in [1.29, 1.82) is 0 Å². The second kappa shape index (κ2) is 2.43. The van der Waals surface area contributed by atoms with Crippen LogP contribution in [0.3, 0.4) is 0 Å². The monoisotopic (exact) mass is 153 g/mol. The standard InChI is InChI=1S/C9H15NO/c1-6-5-7(2)9-8(6)10-3-4-11-9/h6-7,10H,3-5H2,1-2H3. The molecule has 0 aromatic rings. The first-order valence-electron chi connectivity index (χ1n) is 4.39. The number of ether oxygens (including phenoxy) is 1. The SMILES string of the molecule is CC1CC(C)C2=C1NCCO2. The van der Waals surface area contributed by atoms with E-state index in [1.807, 2.05) is 0 Å². The summed E-state index contributed by atoms with van der Waals surface area (Å²) in [6.07, 6.45) is 1.25. The van der Waals surface area contributed by atoms with Gasteiger partial charge >= 0.3 is 0 Å². The maximum absolute atomic E-state index is 5.60. The van der Waals surface area contributed by atoms with Gasteiger partial charge in [0, 0.05) is 12.5 Å². The molecule has 0 aromatic carbocycles. The quantitative estimate of drug-likeness (QED) is 0.569. The van der Waals surface area contributed by atoms with Gasteiger partial charge in [0.1, 0.15) is 12.4 Å². The zero-order valence-corrected chi connectivity index (χ0v) is 7.18. The van der Waals surface area contributed by atoms with E-state index in [0.717, 1.165) is 13.2 Å². The number of nitrogens with one attached hydrogen (secondary N) is 1. The summed E-state index contributed by atoms with van der Waals surface area (Å²) in [6.45, 7) is 6.33. The van der Waals surface area contributed by atoms with Crippen molar-refractivity contribution in [3.05, 3.63) is 11.5 Å². The molecule has 2 heteroatoms. The Labute approximate surface area is 67.6 Å². The fraction of sp³-hybridized carbons (Fsp3) is 0.778. The molecule has 0 fully saturated rings. The first-order chi connectivity index (χ1) is 5.29. The molecule has 2 unspecified atom stereocenters. The van der Waals surface area contributed by atoms with E-state index in [2.05, 4.69) is 19.2 Å². The number of rotatable bonds is 0. The van der Waals surface area contributed by atoms with E-state index in [1.54, 1.807) is 0 Å². The largest absolute Gasteiger partial charge is 0.494 e. The average molecular weight is 153 g/mol. The Kier molecular flexibility index (Phi) is 1.55. The maximum Gasteiger partial charge on any atom is 0.118 e. The van der Waals surface area contributed by atoms with Crippen LogP contribution in [0.5, 0.6) is 0 Å². The summed E-state index contributed by atoms with van der Waals surface area (Å²) in [6, 6.07) is 0. The summed E-state index contributed by atoms with van der Waals surface area (Å²) >= 11 is 0. The topological polar surface area (TPSA) is 21.3 Å². The van der Waals surface area contributed by atoms with Gasteiger partial charge < -0.3 is 10.1 Å². The molecule has 2 aliphatic rings. The third kappa shape index (κ3) is 1.01. The van der Waals surface area contributed by atoms with Gasteiger partial charge in [-0.1, -0.05) is 13.8 Å². The Morgan fingerprint density at radius 1 is 1.36 bits per heavy atom. The molecule has 1 aliphatic carbocycles. The highest BCUT2D eigenvalue weighted by molar-refractivity contribution is 5.20. The van der Waals surface area contributed by atoms with Crippen molar-refractivity contribution in [2.24, 2.45) is 11.8 Å². The third-order valence-corrected chi connectivity index (χ3v) is 2.59. The Morgan fingerprint density at radius 2 is 2.18 bits per heavy atom. The minimum absolute atomic E-state index is 0.632. The van der Waals surface area contributed by atoms with Crippen LogP contribution in [-0.4, -0.2) is 13.2 Å². The molecule has 0 spiro atoms. The highest BCUT2D eigenvalue weighted by Crippen LogP contribution is 2.36. The molecule has 11 heavy (non-hydrogen) atoms. The van der Waals surface area contributed by atoms with Crippen molar-refractivity contribution in [2.75, 3.05) is 13.2 Å². The Bertz CT molecular complexity index is 178. The third-order valence-electron chi connectivity index (χ3n) is 2.59. The zero-order valence-electron chi connectivity index (χ0n) is 7.18. The fourth-order valence-electron chi connectivity index (χ4n) is 2.09. The van der Waals surface area contributed by atoms with E-state index in [9.17, 15) is 0 Å². The van der Waals surface area contributed by atoms with E-state index < -0.39 is 0 Å². The summed E-state index contributed by atoms with van der Waals surface area (Å²) < 4.78 is 5.60. The maximum atomic E-state index is 5.60. The van der Waals surface area contributed by atoms with Gasteiger partial charge in [-0.2, -0.15) is 0 Å². The van der Waals surface area contributed by atoms with Crippen LogP contribution in [0.15, 0.2) is 11.5 Å². The van der Waals surface area contributed by atoms with Crippen LogP contribution in [0, 0.1) is 11.8 Å². The van der Waals surface area contributed by atoms with Crippen molar-refractivity contribution >= 4 is 0 Å². The summed E-state index contributed by atoms with van der Waals surface area (Å²) in [7, 11) is 0. The van der Waals surface area contributed by atoms with Gasteiger partial charge in [0.15, 0.2) is 0 Å². The molecule has 0 amide bonds. The van der Waals surface area contributed by atoms with Gasteiger partial charge in [0.2, 0.25) is 0 Å². The van der Waals surface area contributed by atoms with Gasteiger partial charge in [-0.25, -0.2) is 0 Å². The second-order valence-corrected chi connectivity index (χ2v) is 3.59. The van der Waals surface area contributed by atoms with Crippen molar-refractivity contribution in [2.45, 2.75) is 20.3 Å². The van der Waals surface area contributed by atoms with Crippen LogP contribution in [0.25, 0.3) is 0 Å². The van der Waals surface area contributed by atoms with Gasteiger partial charge in [0.25, 0.3) is 0 Å². The molecule has 1 aliphatic heterocycles. The van der Waals surface area contributed by atoms with Gasteiger partial charge in [-0.3, -0.25) is 0 Å². The van der Waals surface area contributed by atoms with E-state index >= 15 is 0 Å². The average Bonchev–Trinajstić information content (AvgIpc) is 2.30. The molecule has 1 heterocycles. The van der Waals surface area contributed by atoms with Crippen LogP contribution in [0.2, 0.25) is 0 Å². The first kappa shape index (κ1) is 7.01. The molecule has 0 radical (unpaired) electrons. The predicted molar refractivity (Wildman–Crippen MR) is 43.9 cm³/mol. The Morgan fingerprint density at radius 3 is 2.91 bits per heavy atom. The highest BCUT2D eigenvalue weighted by Gasteiger charge is 2.31. The molecule has 0 saturated carbocycles. The van der Waals surface area contributed by atoms with Crippen molar-refractivity contribution < 1.29 is 4.74 Å². The molecule has 1 N–H and O–H groups in total. The molecule has 0 bridgehead atoms. The molecule has 2 rings (SSSR count). The Hall–Kier alpha value is -0.660. The normalized spacial score (nSPS) is 36.2. The molecule has 62 valence electrons. The lowest BCUT2D eigenvalue weighted by molar-refractivity contribution is 0.171. The lowest BCUT2D eigenvalue weighted by Gasteiger charge is -2.21. The van der Waals surface area contributed by atoms with Crippen molar-refractivity contribution in [3.63, 3.8) is 0 Å². The van der Waals surface area contributed by atoms with Crippen molar-refractivity contribution in [1.82, 2.24) is 5.32 Å². The van der Waals surface area contributed by atoms with Gasteiger partial charge in [-0.05, 0) is 12.3 Å². The minimum Gasteiger partial charge on any atom is -0.494 e. The predicted octanol–water partition coefficient (Wildman–Crippen LogP) is 1.49. The fourth-order valence-corrected chi connectivity index (χ4v) is 2.09. The number of allylic oxidation sites excluding steroid dienone is 2. The molecule has 0 saturated heterocycles. The highest BCUT2D eigenvalue weighted by atomic mass is 16.5. The zero-order chi connectivity index (χ0) is 7.84. The molecular formula is C9H15NO. The lowest BCUT2D eigenvalue weighted by atomic mass is 10.1. The van der Waals surface area contributed by atoms with Crippen LogP contribution in [0.1, 0.15) is 20.3 Å². The van der Waals surface area contributed by atoms with Gasteiger partial charge in [-0.15, -0.1) is 0 Å². The second-order valence-electron chi connectivity index (χ2n) is 3.59. The van der Waals surface area contributed by atoms with Gasteiger partial charge in [0.05, 0.1) is 5.70 Å². The minimum atomic E-state index is 0.632. The number of hydrogen-bond acceptors (Lipinski definition) is 2. The van der Waals surface area contributed by atoms with E-state index in [4.69, 9.17) is 4.74 Å². The summed E-state index contributed by atoms with van der Waals surface area (Å²) in [5.41, 5.74) is 1.36. The van der Waals surface area contributed by atoms with Crippen LogP contribution in [-0.2, 0) is 4.74 Å². The van der Waals surface area contributed by atoms with Crippen LogP contribution < -0.4 is 5.32 Å². The molecule has 2 nitrogen and oxygen atoms in total. The van der Waals surface area contributed by atoms with Crippen molar-refractivity contribution in [3.8, 4) is 0 Å². The summed E-state index contributed by atoms with van der Waals surface area (Å²) in [4.78, 5) is 0. The number of hydrogen-bond donors (Lipinski definition) is 1. The summed E-state index contributed by atoms with van der Waals surface area (Å²) in [5.74, 6) is 2.54. The molecule has 2 atom stereocenters. The van der Waals surface area contributed by atoms with Crippen LogP contribution >= 0.6 is 0 Å². The molecular weight excluding hydrogens is 138 g/mol.